The number of carbonyl (C=O) groups is 1. The van der Waals surface area contributed by atoms with Crippen molar-refractivity contribution in [1.82, 2.24) is 24.6 Å². The molecular weight excluding hydrogens is 308 g/mol. The number of carbonyl (C=O) groups excluding carboxylic acids is 1. The van der Waals surface area contributed by atoms with Gasteiger partial charge in [-0.3, -0.25) is 5.32 Å². The minimum Gasteiger partial charge on any atom is -0.366 e. The van der Waals surface area contributed by atoms with Crippen molar-refractivity contribution in [2.24, 2.45) is 0 Å². The lowest BCUT2D eigenvalue weighted by Gasteiger charge is -2.32. The van der Waals surface area contributed by atoms with E-state index < -0.39 is 0 Å². The van der Waals surface area contributed by atoms with E-state index >= 15 is 0 Å². The van der Waals surface area contributed by atoms with Gasteiger partial charge in [-0.05, 0) is 38.5 Å². The number of hydrogen-bond donors (Lipinski definition) is 1. The third kappa shape index (κ3) is 3.53. The molecule has 24 heavy (non-hydrogen) atoms. The number of nitrogens with one attached hydrogen (secondary N) is 1. The Labute approximate surface area is 140 Å². The number of anilines is 1. The molecule has 0 spiro atoms. The van der Waals surface area contributed by atoms with Crippen molar-refractivity contribution in [3.63, 3.8) is 0 Å². The Kier molecular flexibility index (Phi) is 4.75. The number of ether oxygens (including phenoxy) is 1. The van der Waals surface area contributed by atoms with Crippen LogP contribution in [0.2, 0.25) is 0 Å². The van der Waals surface area contributed by atoms with Crippen LogP contribution >= 0.6 is 0 Å². The molecule has 8 heteroatoms. The van der Waals surface area contributed by atoms with Crippen molar-refractivity contribution < 1.29 is 9.53 Å². The maximum absolute atomic E-state index is 12.5. The SMILES string of the molecule is CCn1cnnc1[C@H]1CN(C(=O)Nc2cc(C)cc(C)n2)CCO1. The Balaban J connectivity index is 1.69. The molecule has 2 aromatic rings. The van der Waals surface area contributed by atoms with E-state index in [1.54, 1.807) is 11.2 Å². The molecule has 0 radical (unpaired) electrons. The van der Waals surface area contributed by atoms with E-state index in [-0.39, 0.29) is 12.1 Å². The normalized spacial score (nSPS) is 17.8. The molecule has 1 atom stereocenters. The first-order valence-electron chi connectivity index (χ1n) is 8.07. The average molecular weight is 330 g/mol. The first-order valence-corrected chi connectivity index (χ1v) is 8.07. The maximum atomic E-state index is 12.5. The molecule has 3 heterocycles. The van der Waals surface area contributed by atoms with Gasteiger partial charge < -0.3 is 14.2 Å². The molecular formula is C16H22N6O2. The molecule has 2 aromatic heterocycles. The summed E-state index contributed by atoms with van der Waals surface area (Å²) < 4.78 is 7.70. The Morgan fingerprint density at radius 3 is 3.00 bits per heavy atom. The fourth-order valence-electron chi connectivity index (χ4n) is 2.84. The number of morpholine rings is 1. The Morgan fingerprint density at radius 1 is 1.42 bits per heavy atom. The second-order valence-electron chi connectivity index (χ2n) is 5.88. The standard InChI is InChI=1S/C16H22N6O2/c1-4-21-10-17-20-15(21)13-9-22(5-6-24-13)16(23)19-14-8-11(2)7-12(3)18-14/h7-8,10,13H,4-6,9H2,1-3H3,(H,18,19,23)/t13-/m1/s1. The summed E-state index contributed by atoms with van der Waals surface area (Å²) >= 11 is 0. The molecule has 0 bridgehead atoms. The van der Waals surface area contributed by atoms with Crippen molar-refractivity contribution in [1.29, 1.82) is 0 Å². The van der Waals surface area contributed by atoms with Gasteiger partial charge >= 0.3 is 6.03 Å². The van der Waals surface area contributed by atoms with Crippen LogP contribution in [0.4, 0.5) is 10.6 Å². The molecule has 1 N–H and O–H groups in total. The van der Waals surface area contributed by atoms with Gasteiger partial charge in [-0.1, -0.05) is 0 Å². The fraction of sp³-hybridized carbons (Fsp3) is 0.500. The van der Waals surface area contributed by atoms with Crippen LogP contribution in [0, 0.1) is 13.8 Å². The van der Waals surface area contributed by atoms with Crippen LogP contribution in [0.3, 0.4) is 0 Å². The summed E-state index contributed by atoms with van der Waals surface area (Å²) in [5.74, 6) is 1.32. The number of hydrogen-bond acceptors (Lipinski definition) is 5. The molecule has 128 valence electrons. The summed E-state index contributed by atoms with van der Waals surface area (Å²) in [5.41, 5.74) is 1.94. The summed E-state index contributed by atoms with van der Waals surface area (Å²) in [4.78, 5) is 18.6. The van der Waals surface area contributed by atoms with Gasteiger partial charge in [0.05, 0.1) is 13.2 Å². The second-order valence-corrected chi connectivity index (χ2v) is 5.88. The highest BCUT2D eigenvalue weighted by Gasteiger charge is 2.28. The largest absolute Gasteiger partial charge is 0.366 e. The Hall–Kier alpha value is -2.48. The van der Waals surface area contributed by atoms with Gasteiger partial charge in [-0.15, -0.1) is 10.2 Å². The quantitative estimate of drug-likeness (QED) is 0.929. The summed E-state index contributed by atoms with van der Waals surface area (Å²) in [6, 6.07) is 3.65. The average Bonchev–Trinajstić information content (AvgIpc) is 3.02. The smallest absolute Gasteiger partial charge is 0.323 e. The van der Waals surface area contributed by atoms with E-state index in [0.717, 1.165) is 23.6 Å². The highest BCUT2D eigenvalue weighted by atomic mass is 16.5. The molecule has 1 aliphatic rings. The lowest BCUT2D eigenvalue weighted by atomic mass is 10.2. The topological polar surface area (TPSA) is 85.2 Å². The predicted octanol–water partition coefficient (Wildman–Crippen LogP) is 1.92. The maximum Gasteiger partial charge on any atom is 0.323 e. The van der Waals surface area contributed by atoms with Gasteiger partial charge in [-0.25, -0.2) is 9.78 Å². The molecule has 2 amide bonds. The highest BCUT2D eigenvalue weighted by molar-refractivity contribution is 5.88. The molecule has 0 aliphatic carbocycles. The second kappa shape index (κ2) is 6.96. The van der Waals surface area contributed by atoms with Crippen molar-refractivity contribution in [2.45, 2.75) is 33.4 Å². The molecule has 1 fully saturated rings. The van der Waals surface area contributed by atoms with Crippen molar-refractivity contribution >= 4 is 11.8 Å². The zero-order valence-electron chi connectivity index (χ0n) is 14.2. The van der Waals surface area contributed by atoms with Gasteiger partial charge in [0.1, 0.15) is 18.2 Å². The van der Waals surface area contributed by atoms with Crippen molar-refractivity contribution in [2.75, 3.05) is 25.0 Å². The molecule has 1 aliphatic heterocycles. The predicted molar refractivity (Wildman–Crippen MR) is 88.7 cm³/mol. The molecule has 8 nitrogen and oxygen atoms in total. The van der Waals surface area contributed by atoms with Crippen molar-refractivity contribution in [3.05, 3.63) is 35.5 Å². The number of rotatable bonds is 3. The van der Waals surface area contributed by atoms with Gasteiger partial charge in [0, 0.05) is 18.8 Å². The molecule has 0 aromatic carbocycles. The summed E-state index contributed by atoms with van der Waals surface area (Å²) in [6.07, 6.45) is 1.41. The van der Waals surface area contributed by atoms with E-state index in [1.165, 1.54) is 0 Å². The van der Waals surface area contributed by atoms with Crippen LogP contribution in [0.15, 0.2) is 18.5 Å². The van der Waals surface area contributed by atoms with Crippen LogP contribution in [0.25, 0.3) is 0 Å². The first-order chi connectivity index (χ1) is 11.6. The minimum atomic E-state index is -0.265. The van der Waals surface area contributed by atoms with E-state index in [2.05, 4.69) is 20.5 Å². The van der Waals surface area contributed by atoms with Crippen molar-refractivity contribution in [3.8, 4) is 0 Å². The minimum absolute atomic E-state index is 0.177. The van der Waals surface area contributed by atoms with Gasteiger partial charge in [-0.2, -0.15) is 0 Å². The van der Waals surface area contributed by atoms with E-state index in [0.29, 0.717) is 25.5 Å². The lowest BCUT2D eigenvalue weighted by Crippen LogP contribution is -2.45. The van der Waals surface area contributed by atoms with Crippen LogP contribution in [-0.2, 0) is 11.3 Å². The number of nitrogens with zero attached hydrogens (tertiary/aromatic N) is 5. The summed E-state index contributed by atoms with van der Waals surface area (Å²) in [7, 11) is 0. The molecule has 1 saturated heterocycles. The molecule has 0 saturated carbocycles. The third-order valence-electron chi connectivity index (χ3n) is 3.96. The van der Waals surface area contributed by atoms with Crippen LogP contribution in [-0.4, -0.2) is 50.4 Å². The fourth-order valence-corrected chi connectivity index (χ4v) is 2.84. The number of pyridine rings is 1. The number of aryl methyl sites for hydroxylation is 3. The van der Waals surface area contributed by atoms with E-state index in [4.69, 9.17) is 4.74 Å². The summed E-state index contributed by atoms with van der Waals surface area (Å²) in [5, 5.41) is 10.9. The number of aromatic nitrogens is 4. The van der Waals surface area contributed by atoms with E-state index in [1.807, 2.05) is 37.5 Å². The zero-order valence-corrected chi connectivity index (χ0v) is 14.2. The van der Waals surface area contributed by atoms with E-state index in [9.17, 15) is 4.79 Å². The van der Waals surface area contributed by atoms with Gasteiger partial charge in [0.25, 0.3) is 0 Å². The first kappa shape index (κ1) is 16.4. The lowest BCUT2D eigenvalue weighted by molar-refractivity contribution is -0.0199. The zero-order chi connectivity index (χ0) is 17.1. The summed E-state index contributed by atoms with van der Waals surface area (Å²) in [6.45, 7) is 8.11. The molecule has 0 unspecified atom stereocenters. The number of amides is 2. The van der Waals surface area contributed by atoms with Gasteiger partial charge in [0.2, 0.25) is 0 Å². The van der Waals surface area contributed by atoms with Crippen LogP contribution in [0.1, 0.15) is 30.1 Å². The molecule has 3 rings (SSSR count). The monoisotopic (exact) mass is 330 g/mol. The highest BCUT2D eigenvalue weighted by Crippen LogP contribution is 2.21. The van der Waals surface area contributed by atoms with Gasteiger partial charge in [0.15, 0.2) is 5.82 Å². The Morgan fingerprint density at radius 2 is 2.25 bits per heavy atom. The van der Waals surface area contributed by atoms with Crippen LogP contribution in [0.5, 0.6) is 0 Å². The van der Waals surface area contributed by atoms with Crippen LogP contribution < -0.4 is 5.32 Å². The Bertz CT molecular complexity index is 709. The number of urea groups is 1. The third-order valence-corrected chi connectivity index (χ3v) is 3.96.